The molecule has 114 valence electrons. The summed E-state index contributed by atoms with van der Waals surface area (Å²) >= 11 is 0. The van der Waals surface area contributed by atoms with E-state index in [2.05, 4.69) is 0 Å². The van der Waals surface area contributed by atoms with E-state index in [1.54, 1.807) is 19.9 Å². The SMILES string of the molecule is CCOC(=O)CCCC=CCC(C(C)=O)C(=O)OCC. The second-order valence-corrected chi connectivity index (χ2v) is 4.32. The zero-order chi connectivity index (χ0) is 15.4. The lowest BCUT2D eigenvalue weighted by Crippen LogP contribution is -2.23. The van der Waals surface area contributed by atoms with Crippen molar-refractivity contribution in [1.82, 2.24) is 0 Å². The Balaban J connectivity index is 3.98. The zero-order valence-electron chi connectivity index (χ0n) is 12.5. The molecule has 1 unspecified atom stereocenters. The van der Waals surface area contributed by atoms with Crippen LogP contribution in [0.5, 0.6) is 0 Å². The van der Waals surface area contributed by atoms with Gasteiger partial charge in [-0.1, -0.05) is 12.2 Å². The lowest BCUT2D eigenvalue weighted by molar-refractivity contribution is -0.151. The lowest BCUT2D eigenvalue weighted by Gasteiger charge is -2.09. The van der Waals surface area contributed by atoms with Crippen LogP contribution in [0, 0.1) is 5.92 Å². The van der Waals surface area contributed by atoms with E-state index in [1.807, 2.05) is 6.08 Å². The van der Waals surface area contributed by atoms with E-state index < -0.39 is 11.9 Å². The Morgan fingerprint density at radius 2 is 1.70 bits per heavy atom. The summed E-state index contributed by atoms with van der Waals surface area (Å²) in [7, 11) is 0. The minimum absolute atomic E-state index is 0.195. The summed E-state index contributed by atoms with van der Waals surface area (Å²) in [6.07, 6.45) is 5.79. The average molecular weight is 284 g/mol. The highest BCUT2D eigenvalue weighted by atomic mass is 16.5. The van der Waals surface area contributed by atoms with E-state index in [-0.39, 0.29) is 18.4 Å². The van der Waals surface area contributed by atoms with Gasteiger partial charge in [0.05, 0.1) is 13.2 Å². The summed E-state index contributed by atoms with van der Waals surface area (Å²) in [4.78, 5) is 34.0. The third kappa shape index (κ3) is 8.45. The van der Waals surface area contributed by atoms with E-state index in [4.69, 9.17) is 9.47 Å². The van der Waals surface area contributed by atoms with Gasteiger partial charge in [-0.2, -0.15) is 0 Å². The smallest absolute Gasteiger partial charge is 0.316 e. The Labute approximate surface area is 120 Å². The van der Waals surface area contributed by atoms with Gasteiger partial charge in [-0.25, -0.2) is 0 Å². The number of rotatable bonds is 10. The van der Waals surface area contributed by atoms with E-state index >= 15 is 0 Å². The van der Waals surface area contributed by atoms with Crippen LogP contribution in [0.3, 0.4) is 0 Å². The zero-order valence-corrected chi connectivity index (χ0v) is 12.5. The Hall–Kier alpha value is -1.65. The van der Waals surface area contributed by atoms with Crippen molar-refractivity contribution in [2.24, 2.45) is 5.92 Å². The quantitative estimate of drug-likeness (QED) is 0.267. The molecule has 5 nitrogen and oxygen atoms in total. The van der Waals surface area contributed by atoms with Crippen molar-refractivity contribution in [3.8, 4) is 0 Å². The number of allylic oxidation sites excluding steroid dienone is 2. The molecule has 0 saturated carbocycles. The predicted octanol–water partition coefficient (Wildman–Crippen LogP) is 2.43. The maximum Gasteiger partial charge on any atom is 0.316 e. The van der Waals surface area contributed by atoms with E-state index in [0.717, 1.165) is 0 Å². The number of ketones is 1. The molecule has 0 rings (SSSR count). The molecule has 5 heteroatoms. The van der Waals surface area contributed by atoms with Crippen molar-refractivity contribution in [3.05, 3.63) is 12.2 Å². The Kier molecular flexibility index (Phi) is 10.3. The molecule has 0 spiro atoms. The monoisotopic (exact) mass is 284 g/mol. The molecular weight excluding hydrogens is 260 g/mol. The molecular formula is C15H24O5. The molecule has 0 aliphatic rings. The minimum atomic E-state index is -0.726. The second-order valence-electron chi connectivity index (χ2n) is 4.32. The molecule has 0 aliphatic heterocycles. The van der Waals surface area contributed by atoms with Gasteiger partial charge >= 0.3 is 11.9 Å². The van der Waals surface area contributed by atoms with Crippen LogP contribution in [0.4, 0.5) is 0 Å². The molecule has 0 fully saturated rings. The number of ether oxygens (including phenoxy) is 2. The number of carbonyl (C=O) groups excluding carboxylic acids is 3. The summed E-state index contributed by atoms with van der Waals surface area (Å²) in [5, 5.41) is 0. The van der Waals surface area contributed by atoms with Crippen LogP contribution in [0.25, 0.3) is 0 Å². The number of hydrogen-bond acceptors (Lipinski definition) is 5. The van der Waals surface area contributed by atoms with Crippen molar-refractivity contribution in [3.63, 3.8) is 0 Å². The molecule has 0 saturated heterocycles. The van der Waals surface area contributed by atoms with Gasteiger partial charge in [0.15, 0.2) is 0 Å². The largest absolute Gasteiger partial charge is 0.466 e. The molecule has 0 bridgehead atoms. The average Bonchev–Trinajstić information content (AvgIpc) is 2.37. The maximum atomic E-state index is 11.5. The second kappa shape index (κ2) is 11.2. The van der Waals surface area contributed by atoms with Crippen molar-refractivity contribution >= 4 is 17.7 Å². The number of Topliss-reactive ketones (excluding diaryl/α,β-unsaturated/α-hetero) is 1. The maximum absolute atomic E-state index is 11.5. The normalized spacial score (nSPS) is 12.2. The highest BCUT2D eigenvalue weighted by Crippen LogP contribution is 2.09. The van der Waals surface area contributed by atoms with Crippen LogP contribution in [0.15, 0.2) is 12.2 Å². The van der Waals surface area contributed by atoms with E-state index in [1.165, 1.54) is 6.92 Å². The molecule has 0 aromatic heterocycles. The number of carbonyl (C=O) groups is 3. The highest BCUT2D eigenvalue weighted by molar-refractivity contribution is 5.97. The van der Waals surface area contributed by atoms with Gasteiger partial charge in [0.1, 0.15) is 11.7 Å². The van der Waals surface area contributed by atoms with Gasteiger partial charge in [0.2, 0.25) is 0 Å². The van der Waals surface area contributed by atoms with Gasteiger partial charge in [-0.3, -0.25) is 14.4 Å². The summed E-state index contributed by atoms with van der Waals surface area (Å²) in [6.45, 7) is 5.53. The third-order valence-corrected chi connectivity index (χ3v) is 2.66. The van der Waals surface area contributed by atoms with Crippen LogP contribution in [0.1, 0.15) is 46.5 Å². The van der Waals surface area contributed by atoms with Crippen LogP contribution in [0.2, 0.25) is 0 Å². The molecule has 20 heavy (non-hydrogen) atoms. The summed E-state index contributed by atoms with van der Waals surface area (Å²) in [5.41, 5.74) is 0. The van der Waals surface area contributed by atoms with Crippen LogP contribution in [-0.2, 0) is 23.9 Å². The van der Waals surface area contributed by atoms with E-state index in [9.17, 15) is 14.4 Å². The first-order valence-corrected chi connectivity index (χ1v) is 7.00. The molecule has 0 aromatic carbocycles. The third-order valence-electron chi connectivity index (χ3n) is 2.66. The predicted molar refractivity (Wildman–Crippen MR) is 75.0 cm³/mol. The first kappa shape index (κ1) is 18.4. The van der Waals surface area contributed by atoms with Crippen molar-refractivity contribution < 1.29 is 23.9 Å². The molecule has 0 aromatic rings. The fraction of sp³-hybridized carbons (Fsp3) is 0.667. The fourth-order valence-corrected chi connectivity index (χ4v) is 1.62. The summed E-state index contributed by atoms with van der Waals surface area (Å²) in [5.74, 6) is -1.60. The van der Waals surface area contributed by atoms with Crippen LogP contribution >= 0.6 is 0 Å². The topological polar surface area (TPSA) is 69.7 Å². The number of esters is 2. The number of hydrogen-bond donors (Lipinski definition) is 0. The standard InChI is InChI=1S/C15H24O5/c1-4-19-14(17)11-9-7-6-8-10-13(12(3)16)15(18)20-5-2/h6,8,13H,4-5,7,9-11H2,1-3H3. The molecule has 1 atom stereocenters. The van der Waals surface area contributed by atoms with Gasteiger partial charge in [-0.15, -0.1) is 0 Å². The highest BCUT2D eigenvalue weighted by Gasteiger charge is 2.22. The van der Waals surface area contributed by atoms with Crippen LogP contribution < -0.4 is 0 Å². The number of unbranched alkanes of at least 4 members (excludes halogenated alkanes) is 1. The van der Waals surface area contributed by atoms with Crippen molar-refractivity contribution in [2.45, 2.75) is 46.5 Å². The lowest BCUT2D eigenvalue weighted by atomic mass is 10.0. The van der Waals surface area contributed by atoms with E-state index in [0.29, 0.717) is 32.3 Å². The summed E-state index contributed by atoms with van der Waals surface area (Å²) < 4.78 is 9.65. The Bertz CT molecular complexity index is 346. The first-order chi connectivity index (χ1) is 9.52. The molecule has 0 radical (unpaired) electrons. The van der Waals surface area contributed by atoms with Crippen molar-refractivity contribution in [1.29, 1.82) is 0 Å². The van der Waals surface area contributed by atoms with Crippen molar-refractivity contribution in [2.75, 3.05) is 13.2 Å². The molecule has 0 amide bonds. The van der Waals surface area contributed by atoms with Gasteiger partial charge in [0.25, 0.3) is 0 Å². The van der Waals surface area contributed by atoms with Crippen LogP contribution in [-0.4, -0.2) is 30.9 Å². The molecule has 0 N–H and O–H groups in total. The Morgan fingerprint density at radius 3 is 2.25 bits per heavy atom. The van der Waals surface area contributed by atoms with Gasteiger partial charge in [-0.05, 0) is 40.0 Å². The van der Waals surface area contributed by atoms with Gasteiger partial charge in [0, 0.05) is 6.42 Å². The minimum Gasteiger partial charge on any atom is -0.466 e. The molecule has 0 aliphatic carbocycles. The van der Waals surface area contributed by atoms with Gasteiger partial charge < -0.3 is 9.47 Å². The Morgan fingerprint density at radius 1 is 1.05 bits per heavy atom. The fourth-order valence-electron chi connectivity index (χ4n) is 1.62. The first-order valence-electron chi connectivity index (χ1n) is 7.00. The molecule has 0 heterocycles. The summed E-state index contributed by atoms with van der Waals surface area (Å²) in [6, 6.07) is 0.